The van der Waals surface area contributed by atoms with E-state index >= 15 is 0 Å². The van der Waals surface area contributed by atoms with Crippen LogP contribution in [0.2, 0.25) is 0 Å². The van der Waals surface area contributed by atoms with E-state index in [-0.39, 0.29) is 22.0 Å². The lowest BCUT2D eigenvalue weighted by Crippen LogP contribution is -2.46. The van der Waals surface area contributed by atoms with Crippen LogP contribution >= 0.6 is 11.3 Å². The van der Waals surface area contributed by atoms with Gasteiger partial charge in [0, 0.05) is 48.9 Å². The zero-order valence-electron chi connectivity index (χ0n) is 25.2. The molecule has 4 aromatic rings. The predicted molar refractivity (Wildman–Crippen MR) is 165 cm³/mol. The molecule has 1 aliphatic carbocycles. The van der Waals surface area contributed by atoms with E-state index in [0.717, 1.165) is 18.7 Å². The number of alkyl halides is 2. The van der Waals surface area contributed by atoms with Crippen molar-refractivity contribution >= 4 is 49.3 Å². The second kappa shape index (κ2) is 11.4. The van der Waals surface area contributed by atoms with E-state index in [0.29, 0.717) is 84.6 Å². The Morgan fingerprint density at radius 1 is 1.13 bits per heavy atom. The van der Waals surface area contributed by atoms with Crippen molar-refractivity contribution in [1.29, 1.82) is 5.26 Å². The number of piperidine rings is 1. The van der Waals surface area contributed by atoms with E-state index < -0.39 is 27.0 Å². The second-order valence-corrected chi connectivity index (χ2v) is 15.1. The third kappa shape index (κ3) is 5.36. The van der Waals surface area contributed by atoms with Crippen LogP contribution < -0.4 is 4.72 Å². The molecule has 1 aromatic carbocycles. The van der Waals surface area contributed by atoms with Crippen LogP contribution in [0.15, 0.2) is 29.4 Å². The predicted octanol–water partition coefficient (Wildman–Crippen LogP) is 3.63. The Bertz CT molecular complexity index is 1980. The van der Waals surface area contributed by atoms with Gasteiger partial charge in [0.25, 0.3) is 6.43 Å². The van der Waals surface area contributed by atoms with Gasteiger partial charge in [-0.2, -0.15) is 9.98 Å². The molecule has 1 saturated carbocycles. The van der Waals surface area contributed by atoms with Crippen molar-refractivity contribution < 1.29 is 22.0 Å². The number of likely N-dealkylation sites (N-methyl/N-ethyl adjacent to an activating group) is 1. The molecule has 3 aromatic heterocycles. The molecule has 2 aliphatic heterocycles. The molecule has 242 valence electrons. The number of halogens is 2. The number of fused-ring (bicyclic) bond motifs is 3. The molecule has 3 fully saturated rings. The zero-order chi connectivity index (χ0) is 32.4. The normalized spacial score (nSPS) is 20.3. The number of carbonyl (C=O) groups excluding carboxylic acids is 1. The van der Waals surface area contributed by atoms with Crippen molar-refractivity contribution in [3.05, 3.63) is 35.2 Å². The number of nitriles is 1. The summed E-state index contributed by atoms with van der Waals surface area (Å²) in [6.07, 6.45) is 1.70. The van der Waals surface area contributed by atoms with Crippen molar-refractivity contribution in [2.24, 2.45) is 0 Å². The largest absolute Gasteiger partial charge is 0.325 e. The molecule has 2 amide bonds. The van der Waals surface area contributed by atoms with Crippen LogP contribution in [0.4, 0.5) is 13.6 Å². The highest BCUT2D eigenvalue weighted by Gasteiger charge is 2.47. The number of nitrogens with zero attached hydrogens (tertiary/aromatic N) is 9. The van der Waals surface area contributed by atoms with Crippen molar-refractivity contribution in [3.8, 4) is 11.2 Å². The van der Waals surface area contributed by atoms with Gasteiger partial charge >= 0.3 is 6.03 Å². The molecule has 17 heteroatoms. The van der Waals surface area contributed by atoms with Crippen LogP contribution in [-0.2, 0) is 10.0 Å². The molecule has 0 spiro atoms. The first kappa shape index (κ1) is 30.8. The maximum Gasteiger partial charge on any atom is 0.320 e. The number of sulfonamides is 1. The second-order valence-electron chi connectivity index (χ2n) is 12.4. The SMILES string of the molecule is CN(C)C1CCN(C(=O)N2CCC(c3ncnc4c3c3ccc(S(=O)(=O)NC5(C#N)CC5)cc3n4-c3nnc(C(F)F)s3)CC2)C1. The average Bonchev–Trinajstić information content (AvgIpc) is 3.40. The van der Waals surface area contributed by atoms with Crippen LogP contribution in [-0.4, -0.2) is 106 Å². The Balaban J connectivity index is 1.25. The van der Waals surface area contributed by atoms with Crippen molar-refractivity contribution in [3.63, 3.8) is 0 Å². The number of hydrogen-bond donors (Lipinski definition) is 1. The van der Waals surface area contributed by atoms with Gasteiger partial charge in [-0.25, -0.2) is 32.0 Å². The lowest BCUT2D eigenvalue weighted by atomic mass is 9.91. The van der Waals surface area contributed by atoms with E-state index in [2.05, 4.69) is 29.8 Å². The molecule has 13 nitrogen and oxygen atoms in total. The summed E-state index contributed by atoms with van der Waals surface area (Å²) in [6, 6.07) is 6.99. The maximum absolute atomic E-state index is 13.5. The number of aromatic nitrogens is 5. The molecule has 5 heterocycles. The third-order valence-corrected chi connectivity index (χ3v) is 11.7. The maximum atomic E-state index is 13.5. The molecule has 1 atom stereocenters. The first-order valence-electron chi connectivity index (χ1n) is 15.1. The van der Waals surface area contributed by atoms with Crippen molar-refractivity contribution in [1.82, 2.24) is 44.2 Å². The fourth-order valence-corrected chi connectivity index (χ4v) is 8.59. The van der Waals surface area contributed by atoms with E-state index in [9.17, 15) is 27.3 Å². The summed E-state index contributed by atoms with van der Waals surface area (Å²) >= 11 is 0.695. The highest BCUT2D eigenvalue weighted by atomic mass is 32.2. The zero-order valence-corrected chi connectivity index (χ0v) is 26.9. The molecular weight excluding hydrogens is 639 g/mol. The van der Waals surface area contributed by atoms with Gasteiger partial charge in [0.1, 0.15) is 11.9 Å². The minimum atomic E-state index is -4.08. The van der Waals surface area contributed by atoms with Crippen molar-refractivity contribution in [2.45, 2.75) is 60.9 Å². The standard InChI is InChI=1S/C29H32F2N10O3S2/c1-38(2)18-7-12-40(14-18)28(42)39-10-5-17(6-11-39)23-22-20-4-3-19(46(43,44)37-29(15-32)8-9-29)13-21(20)41(25(22)34-16-33-23)27-36-35-26(45-27)24(30)31/h3-4,13,16-18,24,37H,5-12,14H2,1-2H3. The number of nitrogens with one attached hydrogen (secondary N) is 1. The van der Waals surface area contributed by atoms with Gasteiger partial charge in [0.05, 0.1) is 22.2 Å². The Hall–Kier alpha value is -3.85. The van der Waals surface area contributed by atoms with Gasteiger partial charge in [0.15, 0.2) is 10.7 Å². The van der Waals surface area contributed by atoms with Crippen LogP contribution in [0.5, 0.6) is 0 Å². The molecular formula is C29H32F2N10O3S2. The summed E-state index contributed by atoms with van der Waals surface area (Å²) in [5.74, 6) is -0.0248. The molecule has 46 heavy (non-hydrogen) atoms. The third-order valence-electron chi connectivity index (χ3n) is 9.28. The molecule has 7 rings (SSSR count). The molecule has 3 aliphatic rings. The number of amides is 2. The van der Waals surface area contributed by atoms with E-state index in [1.54, 1.807) is 10.6 Å². The molecule has 2 saturated heterocycles. The molecule has 0 radical (unpaired) electrons. The van der Waals surface area contributed by atoms with E-state index in [1.165, 1.54) is 18.5 Å². The lowest BCUT2D eigenvalue weighted by Gasteiger charge is -2.34. The van der Waals surface area contributed by atoms with Gasteiger partial charge < -0.3 is 14.7 Å². The minimum Gasteiger partial charge on any atom is -0.325 e. The van der Waals surface area contributed by atoms with E-state index in [1.807, 2.05) is 30.0 Å². The molecule has 1 unspecified atom stereocenters. The van der Waals surface area contributed by atoms with Crippen LogP contribution in [0.1, 0.15) is 55.1 Å². The van der Waals surface area contributed by atoms with Gasteiger partial charge in [-0.05, 0) is 58.3 Å². The smallest absolute Gasteiger partial charge is 0.320 e. The quantitative estimate of drug-likeness (QED) is 0.311. The van der Waals surface area contributed by atoms with Crippen LogP contribution in [0.3, 0.4) is 0 Å². The summed E-state index contributed by atoms with van der Waals surface area (Å²) in [5.41, 5.74) is 0.392. The Labute approximate surface area is 267 Å². The topological polar surface area (TPSA) is 153 Å². The number of urea groups is 1. The summed E-state index contributed by atoms with van der Waals surface area (Å²) in [5, 5.41) is 18.1. The van der Waals surface area contributed by atoms with Crippen LogP contribution in [0, 0.1) is 11.3 Å². The number of benzene rings is 1. The Morgan fingerprint density at radius 3 is 2.50 bits per heavy atom. The fourth-order valence-electron chi connectivity index (χ4n) is 6.47. The number of carbonyl (C=O) groups is 1. The van der Waals surface area contributed by atoms with Crippen LogP contribution in [0.25, 0.3) is 27.1 Å². The average molecular weight is 671 g/mol. The number of likely N-dealkylation sites (tertiary alicyclic amines) is 2. The highest BCUT2D eigenvalue weighted by Crippen LogP contribution is 2.41. The van der Waals surface area contributed by atoms with Gasteiger partial charge in [-0.1, -0.05) is 17.4 Å². The summed E-state index contributed by atoms with van der Waals surface area (Å²) < 4.78 is 57.8. The van der Waals surface area contributed by atoms with Gasteiger partial charge in [-0.15, -0.1) is 10.2 Å². The first-order chi connectivity index (χ1) is 22.0. The lowest BCUT2D eigenvalue weighted by molar-refractivity contribution is 0.145. The number of rotatable bonds is 7. The monoisotopic (exact) mass is 670 g/mol. The summed E-state index contributed by atoms with van der Waals surface area (Å²) in [6.45, 7) is 2.55. The highest BCUT2D eigenvalue weighted by molar-refractivity contribution is 7.89. The molecule has 1 N–H and O–H groups in total. The summed E-state index contributed by atoms with van der Waals surface area (Å²) in [7, 11) is -0.0251. The number of hydrogen-bond acceptors (Lipinski definition) is 10. The fraction of sp³-hybridized carbons (Fsp3) is 0.517. The summed E-state index contributed by atoms with van der Waals surface area (Å²) in [4.78, 5) is 28.4. The Kier molecular flexibility index (Phi) is 7.66. The van der Waals surface area contributed by atoms with Gasteiger partial charge in [-0.3, -0.25) is 4.57 Å². The molecule has 0 bridgehead atoms. The van der Waals surface area contributed by atoms with Crippen molar-refractivity contribution in [2.75, 3.05) is 40.3 Å². The van der Waals surface area contributed by atoms with Gasteiger partial charge in [0.2, 0.25) is 15.2 Å². The Morgan fingerprint density at radius 2 is 1.87 bits per heavy atom. The van der Waals surface area contributed by atoms with E-state index in [4.69, 9.17) is 0 Å². The first-order valence-corrected chi connectivity index (χ1v) is 17.4. The minimum absolute atomic E-state index is 0.0248.